The normalized spacial score (nSPS) is 17.8. The van der Waals surface area contributed by atoms with Gasteiger partial charge in [-0.2, -0.15) is 0 Å². The molecule has 25 heavy (non-hydrogen) atoms. The van der Waals surface area contributed by atoms with Crippen LogP contribution in [0.1, 0.15) is 24.9 Å². The maximum Gasteiger partial charge on any atom is 0.337 e. The number of carbonyl (C=O) groups excluding carboxylic acids is 1. The van der Waals surface area contributed by atoms with Crippen molar-refractivity contribution in [3.05, 3.63) is 46.9 Å². The summed E-state index contributed by atoms with van der Waals surface area (Å²) in [4.78, 5) is 16.4. The summed E-state index contributed by atoms with van der Waals surface area (Å²) in [5.41, 5.74) is 2.02. The van der Waals surface area contributed by atoms with Gasteiger partial charge in [0.25, 0.3) is 0 Å². The van der Waals surface area contributed by atoms with Crippen LogP contribution in [-0.4, -0.2) is 55.2 Å². The molecule has 1 aliphatic heterocycles. The Balaban J connectivity index is 2.35. The maximum atomic E-state index is 13.2. The van der Waals surface area contributed by atoms with E-state index in [2.05, 4.69) is 10.2 Å². The number of esters is 1. The highest BCUT2D eigenvalue weighted by Crippen LogP contribution is 2.31. The molecule has 0 aliphatic carbocycles. The Labute approximate surface area is 153 Å². The summed E-state index contributed by atoms with van der Waals surface area (Å²) in [6.45, 7) is 3.49. The maximum absolute atomic E-state index is 13.2. The van der Waals surface area contributed by atoms with Crippen LogP contribution in [0.15, 0.2) is 35.5 Å². The van der Waals surface area contributed by atoms with Crippen molar-refractivity contribution in [1.29, 1.82) is 0 Å². The third kappa shape index (κ3) is 4.55. The first-order chi connectivity index (χ1) is 11.8. The lowest BCUT2D eigenvalue weighted by molar-refractivity contribution is -0.136. The van der Waals surface area contributed by atoms with Gasteiger partial charge < -0.3 is 19.9 Å². The fraction of sp³-hybridized carbons (Fsp3) is 0.444. The Morgan fingerprint density at radius 3 is 2.56 bits per heavy atom. The Bertz CT molecular complexity index is 673. The Morgan fingerprint density at radius 1 is 1.36 bits per heavy atom. The Kier molecular flexibility index (Phi) is 6.50. The van der Waals surface area contributed by atoms with Crippen molar-refractivity contribution in [2.24, 2.45) is 0 Å². The third-order valence-electron chi connectivity index (χ3n) is 4.19. The van der Waals surface area contributed by atoms with E-state index in [1.165, 1.54) is 19.2 Å². The summed E-state index contributed by atoms with van der Waals surface area (Å²) < 4.78 is 18.2. The molecule has 7 heteroatoms. The number of ether oxygens (including phenoxy) is 1. The van der Waals surface area contributed by atoms with Gasteiger partial charge in [0.05, 0.1) is 18.7 Å². The zero-order valence-electron chi connectivity index (χ0n) is 15.0. The molecule has 2 rings (SSSR count). The molecule has 0 saturated carbocycles. The minimum absolute atomic E-state index is 0.326. The van der Waals surface area contributed by atoms with Gasteiger partial charge in [-0.15, -0.1) is 0 Å². The first kappa shape index (κ1) is 19.3. The molecule has 5 nitrogen and oxygen atoms in total. The molecule has 0 radical (unpaired) electrons. The van der Waals surface area contributed by atoms with Gasteiger partial charge >= 0.3 is 5.97 Å². The van der Waals surface area contributed by atoms with E-state index in [1.807, 2.05) is 25.9 Å². The largest absolute Gasteiger partial charge is 0.466 e. The van der Waals surface area contributed by atoms with Crippen molar-refractivity contribution in [3.63, 3.8) is 0 Å². The SMILES string of the molecule is COC(=O)C1=C(C)N(CCCN(C)C)C(=S)NC1c1ccc(F)cc1. The summed E-state index contributed by atoms with van der Waals surface area (Å²) in [6, 6.07) is 5.58. The second-order valence-electron chi connectivity index (χ2n) is 6.23. The second-order valence-corrected chi connectivity index (χ2v) is 6.62. The van der Waals surface area contributed by atoms with Crippen molar-refractivity contribution < 1.29 is 13.9 Å². The molecule has 0 spiro atoms. The number of allylic oxidation sites excluding steroid dienone is 1. The summed E-state index contributed by atoms with van der Waals surface area (Å²) in [7, 11) is 5.38. The average molecular weight is 365 g/mol. The third-order valence-corrected chi connectivity index (χ3v) is 4.53. The number of benzene rings is 1. The lowest BCUT2D eigenvalue weighted by atomic mass is 9.95. The molecular weight excluding hydrogens is 341 g/mol. The van der Waals surface area contributed by atoms with Gasteiger partial charge in [0.2, 0.25) is 0 Å². The van der Waals surface area contributed by atoms with Crippen molar-refractivity contribution in [3.8, 4) is 0 Å². The zero-order chi connectivity index (χ0) is 18.6. The summed E-state index contributed by atoms with van der Waals surface area (Å²) in [5.74, 6) is -0.743. The van der Waals surface area contributed by atoms with Crippen LogP contribution in [0.25, 0.3) is 0 Å². The van der Waals surface area contributed by atoms with E-state index in [0.29, 0.717) is 17.2 Å². The van der Waals surface area contributed by atoms with E-state index in [4.69, 9.17) is 17.0 Å². The molecule has 0 fully saturated rings. The van der Waals surface area contributed by atoms with E-state index < -0.39 is 12.0 Å². The lowest BCUT2D eigenvalue weighted by Gasteiger charge is -2.37. The van der Waals surface area contributed by atoms with E-state index in [9.17, 15) is 9.18 Å². The topological polar surface area (TPSA) is 44.8 Å². The zero-order valence-corrected chi connectivity index (χ0v) is 15.8. The van der Waals surface area contributed by atoms with E-state index in [0.717, 1.165) is 24.2 Å². The van der Waals surface area contributed by atoms with Crippen molar-refractivity contribution in [2.45, 2.75) is 19.4 Å². The first-order valence-corrected chi connectivity index (χ1v) is 8.53. The summed E-state index contributed by atoms with van der Waals surface area (Å²) in [5, 5.41) is 3.75. The quantitative estimate of drug-likeness (QED) is 0.617. The molecule has 0 bridgehead atoms. The van der Waals surface area contributed by atoms with Crippen molar-refractivity contribution in [1.82, 2.24) is 15.1 Å². The molecule has 0 aromatic heterocycles. The molecule has 136 valence electrons. The van der Waals surface area contributed by atoms with E-state index in [1.54, 1.807) is 12.1 Å². The number of carbonyl (C=O) groups is 1. The Hall–Kier alpha value is -1.99. The standard InChI is InChI=1S/C18H24FN3O2S/c1-12-15(17(23)24-4)16(13-6-8-14(19)9-7-13)20-18(25)22(12)11-5-10-21(2)3/h6-9,16H,5,10-11H2,1-4H3,(H,20,25). The molecule has 1 atom stereocenters. The molecule has 1 heterocycles. The van der Waals surface area contributed by atoms with Crippen LogP contribution in [0.4, 0.5) is 4.39 Å². The number of halogens is 1. The number of nitrogens with zero attached hydrogens (tertiary/aromatic N) is 2. The average Bonchev–Trinajstić information content (AvgIpc) is 2.57. The number of nitrogens with one attached hydrogen (secondary N) is 1. The van der Waals surface area contributed by atoms with Gasteiger partial charge in [-0.1, -0.05) is 12.1 Å². The highest BCUT2D eigenvalue weighted by Gasteiger charge is 2.34. The lowest BCUT2D eigenvalue weighted by Crippen LogP contribution is -2.48. The smallest absolute Gasteiger partial charge is 0.337 e. The minimum atomic E-state index is -0.453. The minimum Gasteiger partial charge on any atom is -0.466 e. The molecule has 1 unspecified atom stereocenters. The van der Waals surface area contributed by atoms with Crippen LogP contribution >= 0.6 is 12.2 Å². The Morgan fingerprint density at radius 2 is 2.00 bits per heavy atom. The second kappa shape index (κ2) is 8.40. The van der Waals surface area contributed by atoms with Crippen LogP contribution in [0.2, 0.25) is 0 Å². The van der Waals surface area contributed by atoms with Crippen LogP contribution in [-0.2, 0) is 9.53 Å². The van der Waals surface area contributed by atoms with Gasteiger partial charge in [0, 0.05) is 12.2 Å². The first-order valence-electron chi connectivity index (χ1n) is 8.12. The van der Waals surface area contributed by atoms with Crippen LogP contribution in [0.3, 0.4) is 0 Å². The molecule has 1 aliphatic rings. The molecule has 1 N–H and O–H groups in total. The molecule has 0 saturated heterocycles. The molecule has 1 aromatic carbocycles. The van der Waals surface area contributed by atoms with Gasteiger partial charge in [0.15, 0.2) is 5.11 Å². The fourth-order valence-corrected chi connectivity index (χ4v) is 3.22. The highest BCUT2D eigenvalue weighted by molar-refractivity contribution is 7.80. The number of rotatable bonds is 6. The summed E-state index contributed by atoms with van der Waals surface area (Å²) >= 11 is 5.50. The van der Waals surface area contributed by atoms with Crippen LogP contribution in [0.5, 0.6) is 0 Å². The summed E-state index contributed by atoms with van der Waals surface area (Å²) in [6.07, 6.45) is 0.905. The number of hydrogen-bond donors (Lipinski definition) is 1. The van der Waals surface area contributed by atoms with Crippen molar-refractivity contribution >= 4 is 23.3 Å². The van der Waals surface area contributed by atoms with E-state index >= 15 is 0 Å². The highest BCUT2D eigenvalue weighted by atomic mass is 32.1. The number of methoxy groups -OCH3 is 1. The van der Waals surface area contributed by atoms with Gasteiger partial charge in [0.1, 0.15) is 5.82 Å². The van der Waals surface area contributed by atoms with Gasteiger partial charge in [-0.3, -0.25) is 0 Å². The monoisotopic (exact) mass is 365 g/mol. The van der Waals surface area contributed by atoms with Gasteiger partial charge in [-0.05, 0) is 63.9 Å². The van der Waals surface area contributed by atoms with Gasteiger partial charge in [-0.25, -0.2) is 9.18 Å². The molecular formula is C18H24FN3O2S. The van der Waals surface area contributed by atoms with Crippen molar-refractivity contribution in [2.75, 3.05) is 34.3 Å². The predicted octanol–water partition coefficient (Wildman–Crippen LogP) is 2.46. The number of hydrogen-bond acceptors (Lipinski definition) is 4. The number of thiocarbonyl (C=S) groups is 1. The van der Waals surface area contributed by atoms with E-state index in [-0.39, 0.29) is 5.82 Å². The fourth-order valence-electron chi connectivity index (χ4n) is 2.88. The van der Waals surface area contributed by atoms with Crippen LogP contribution in [0, 0.1) is 5.82 Å². The molecule has 0 amide bonds. The molecule has 1 aromatic rings. The van der Waals surface area contributed by atoms with Crippen LogP contribution < -0.4 is 5.32 Å². The predicted molar refractivity (Wildman–Crippen MR) is 99.5 cm³/mol.